The molecule has 0 saturated carbocycles. The molecule has 1 heterocycles. The molecule has 0 radical (unpaired) electrons. The number of benzene rings is 1. The van der Waals surface area contributed by atoms with Crippen molar-refractivity contribution in [3.8, 4) is 0 Å². The van der Waals surface area contributed by atoms with E-state index in [2.05, 4.69) is 15.5 Å². The van der Waals surface area contributed by atoms with Gasteiger partial charge in [-0.05, 0) is 31.7 Å². The molecular weight excluding hydrogens is 250 g/mol. The van der Waals surface area contributed by atoms with Crippen LogP contribution in [0.2, 0.25) is 5.02 Å². The van der Waals surface area contributed by atoms with E-state index in [1.807, 2.05) is 32.2 Å². The number of hydrogen-bond acceptors (Lipinski definition) is 3. The molecule has 18 heavy (non-hydrogen) atoms. The van der Waals surface area contributed by atoms with Crippen molar-refractivity contribution in [2.24, 2.45) is 0 Å². The minimum atomic E-state index is -0.148. The first-order chi connectivity index (χ1) is 8.63. The van der Waals surface area contributed by atoms with Gasteiger partial charge in [0.2, 0.25) is 5.91 Å². The van der Waals surface area contributed by atoms with Gasteiger partial charge in [0.25, 0.3) is 0 Å². The van der Waals surface area contributed by atoms with Gasteiger partial charge in [-0.1, -0.05) is 17.7 Å². The molecule has 2 N–H and O–H groups in total. The second-order valence-corrected chi connectivity index (χ2v) is 4.87. The van der Waals surface area contributed by atoms with Crippen molar-refractivity contribution in [2.45, 2.75) is 19.5 Å². The molecule has 98 valence electrons. The molecule has 0 spiro atoms. The molecule has 4 nitrogen and oxygen atoms in total. The summed E-state index contributed by atoms with van der Waals surface area (Å²) in [5.41, 5.74) is 2.07. The van der Waals surface area contributed by atoms with Gasteiger partial charge >= 0.3 is 0 Å². The van der Waals surface area contributed by atoms with Gasteiger partial charge in [0.1, 0.15) is 6.04 Å². The number of carbonyl (C=O) groups is 1. The third kappa shape index (κ3) is 2.60. The van der Waals surface area contributed by atoms with Gasteiger partial charge in [-0.25, -0.2) is 0 Å². The number of rotatable bonds is 3. The van der Waals surface area contributed by atoms with Crippen LogP contribution in [0.25, 0.3) is 0 Å². The van der Waals surface area contributed by atoms with E-state index in [1.54, 1.807) is 0 Å². The Morgan fingerprint density at radius 1 is 1.56 bits per heavy atom. The van der Waals surface area contributed by atoms with E-state index >= 15 is 0 Å². The zero-order valence-corrected chi connectivity index (χ0v) is 11.4. The maximum absolute atomic E-state index is 11.6. The molecule has 1 aromatic carbocycles. The van der Waals surface area contributed by atoms with Gasteiger partial charge in [-0.3, -0.25) is 4.79 Å². The Morgan fingerprint density at radius 3 is 3.00 bits per heavy atom. The topological polar surface area (TPSA) is 44.4 Å². The number of piperazine rings is 1. The largest absolute Gasteiger partial charge is 0.358 e. The molecule has 1 saturated heterocycles. The van der Waals surface area contributed by atoms with Gasteiger partial charge in [-0.2, -0.15) is 0 Å². The van der Waals surface area contributed by atoms with Gasteiger partial charge in [0.05, 0.1) is 0 Å². The van der Waals surface area contributed by atoms with Crippen molar-refractivity contribution in [3.63, 3.8) is 0 Å². The first-order valence-corrected chi connectivity index (χ1v) is 6.48. The molecular formula is C13H18ClN3O. The lowest BCUT2D eigenvalue weighted by Gasteiger charge is -2.34. The number of carbonyl (C=O) groups excluding carboxylic acids is 1. The first-order valence-electron chi connectivity index (χ1n) is 6.11. The summed E-state index contributed by atoms with van der Waals surface area (Å²) in [5, 5.41) is 6.67. The lowest BCUT2D eigenvalue weighted by atomic mass is 10.1. The number of hydrogen-bond donors (Lipinski definition) is 2. The molecule has 1 fully saturated rings. The molecule has 1 atom stereocenters. The predicted octanol–water partition coefficient (Wildman–Crippen LogP) is 1.38. The number of nitrogens with one attached hydrogen (secondary N) is 2. The summed E-state index contributed by atoms with van der Waals surface area (Å²) in [6.07, 6.45) is 0. The van der Waals surface area contributed by atoms with E-state index in [4.69, 9.17) is 11.6 Å². The van der Waals surface area contributed by atoms with Crippen molar-refractivity contribution < 1.29 is 4.79 Å². The van der Waals surface area contributed by atoms with Crippen LogP contribution in [0.15, 0.2) is 18.2 Å². The fraction of sp³-hybridized carbons (Fsp3) is 0.462. The van der Waals surface area contributed by atoms with E-state index in [1.165, 1.54) is 0 Å². The molecule has 1 amide bonds. The molecule has 1 aliphatic heterocycles. The number of nitrogens with zero attached hydrogens (tertiary/aromatic N) is 1. The Morgan fingerprint density at radius 2 is 2.33 bits per heavy atom. The lowest BCUT2D eigenvalue weighted by molar-refractivity contribution is -0.122. The molecule has 1 aromatic rings. The van der Waals surface area contributed by atoms with Crippen LogP contribution in [0.4, 0.5) is 5.69 Å². The van der Waals surface area contributed by atoms with E-state index in [0.717, 1.165) is 29.4 Å². The van der Waals surface area contributed by atoms with Crippen molar-refractivity contribution >= 4 is 23.2 Å². The quantitative estimate of drug-likeness (QED) is 0.870. The monoisotopic (exact) mass is 267 g/mol. The summed E-state index contributed by atoms with van der Waals surface area (Å²) >= 11 is 6.24. The van der Waals surface area contributed by atoms with Crippen LogP contribution in [-0.2, 0) is 11.3 Å². The molecule has 0 aliphatic carbocycles. The summed E-state index contributed by atoms with van der Waals surface area (Å²) in [7, 11) is 1.89. The Balaban J connectivity index is 2.23. The van der Waals surface area contributed by atoms with E-state index < -0.39 is 0 Å². The number of halogens is 1. The van der Waals surface area contributed by atoms with E-state index in [0.29, 0.717) is 6.54 Å². The third-order valence-electron chi connectivity index (χ3n) is 3.23. The van der Waals surface area contributed by atoms with Crippen LogP contribution >= 0.6 is 11.6 Å². The van der Waals surface area contributed by atoms with Crippen LogP contribution in [0.3, 0.4) is 0 Å². The van der Waals surface area contributed by atoms with Crippen LogP contribution in [0.1, 0.15) is 12.5 Å². The third-order valence-corrected chi connectivity index (χ3v) is 3.59. The predicted molar refractivity (Wildman–Crippen MR) is 74.0 cm³/mol. The Hall–Kier alpha value is -1.26. The van der Waals surface area contributed by atoms with Crippen molar-refractivity contribution in [1.29, 1.82) is 0 Å². The maximum atomic E-state index is 11.6. The highest BCUT2D eigenvalue weighted by Crippen LogP contribution is 2.25. The van der Waals surface area contributed by atoms with Crippen LogP contribution in [-0.4, -0.2) is 32.1 Å². The second kappa shape index (κ2) is 5.59. The van der Waals surface area contributed by atoms with Crippen LogP contribution < -0.4 is 15.5 Å². The molecule has 5 heteroatoms. The Kier molecular flexibility index (Phi) is 4.09. The summed E-state index contributed by atoms with van der Waals surface area (Å²) in [6, 6.07) is 5.81. The molecule has 0 bridgehead atoms. The fourth-order valence-electron chi connectivity index (χ4n) is 2.18. The van der Waals surface area contributed by atoms with E-state index in [-0.39, 0.29) is 11.9 Å². The highest BCUT2D eigenvalue weighted by atomic mass is 35.5. The first kappa shape index (κ1) is 13.2. The number of amides is 1. The minimum Gasteiger partial charge on any atom is -0.358 e. The highest BCUT2D eigenvalue weighted by Gasteiger charge is 2.25. The van der Waals surface area contributed by atoms with Crippen molar-refractivity contribution in [3.05, 3.63) is 28.8 Å². The average molecular weight is 268 g/mol. The maximum Gasteiger partial charge on any atom is 0.242 e. The fourth-order valence-corrected chi connectivity index (χ4v) is 2.43. The SMILES string of the molecule is CNCc1ccc(N2CCNC(=O)C2C)cc1Cl. The normalized spacial score (nSPS) is 19.8. The highest BCUT2D eigenvalue weighted by molar-refractivity contribution is 6.31. The summed E-state index contributed by atoms with van der Waals surface area (Å²) in [6.45, 7) is 4.15. The smallest absolute Gasteiger partial charge is 0.242 e. The Bertz CT molecular complexity index is 450. The standard InChI is InChI=1S/C13H18ClN3O/c1-9-13(18)16-5-6-17(9)11-4-3-10(8-15-2)12(14)7-11/h3-4,7,9,15H,5-6,8H2,1-2H3,(H,16,18). The zero-order chi connectivity index (χ0) is 13.1. The Labute approximate surface area is 112 Å². The summed E-state index contributed by atoms with van der Waals surface area (Å²) in [4.78, 5) is 13.7. The van der Waals surface area contributed by atoms with Crippen molar-refractivity contribution in [2.75, 3.05) is 25.0 Å². The molecule has 1 aliphatic rings. The van der Waals surface area contributed by atoms with Crippen LogP contribution in [0.5, 0.6) is 0 Å². The van der Waals surface area contributed by atoms with Gasteiger partial charge < -0.3 is 15.5 Å². The summed E-state index contributed by atoms with van der Waals surface area (Å²) < 4.78 is 0. The molecule has 1 unspecified atom stereocenters. The van der Waals surface area contributed by atoms with Gasteiger partial charge in [-0.15, -0.1) is 0 Å². The van der Waals surface area contributed by atoms with Crippen molar-refractivity contribution in [1.82, 2.24) is 10.6 Å². The van der Waals surface area contributed by atoms with Gasteiger partial charge in [0, 0.05) is 30.3 Å². The van der Waals surface area contributed by atoms with Crippen LogP contribution in [0, 0.1) is 0 Å². The summed E-state index contributed by atoms with van der Waals surface area (Å²) in [5.74, 6) is 0.0664. The molecule has 0 aromatic heterocycles. The van der Waals surface area contributed by atoms with E-state index in [9.17, 15) is 4.79 Å². The second-order valence-electron chi connectivity index (χ2n) is 4.47. The minimum absolute atomic E-state index is 0.0664. The lowest BCUT2D eigenvalue weighted by Crippen LogP contribution is -2.54. The average Bonchev–Trinajstić information content (AvgIpc) is 2.35. The zero-order valence-electron chi connectivity index (χ0n) is 10.7. The van der Waals surface area contributed by atoms with Gasteiger partial charge in [0.15, 0.2) is 0 Å². The number of anilines is 1. The molecule has 2 rings (SSSR count).